The van der Waals surface area contributed by atoms with E-state index in [1.165, 1.54) is 12.1 Å². The monoisotopic (exact) mass is 276 g/mol. The van der Waals surface area contributed by atoms with Crippen LogP contribution in [0.3, 0.4) is 0 Å². The highest BCUT2D eigenvalue weighted by atomic mass is 19.1. The van der Waals surface area contributed by atoms with Crippen LogP contribution in [0, 0.1) is 5.82 Å². The quantitative estimate of drug-likeness (QED) is 0.931. The standard InChI is InChI=1S/C15H17FN2O2/c1-19-15(7-2-8-15)9-12-13(14(17)18-20-12)10-3-5-11(16)6-4-10/h3-6H,2,7-9H2,1H3,(H2,17,18). The maximum atomic E-state index is 13.0. The number of nitrogens with zero attached hydrogens (tertiary/aromatic N) is 1. The van der Waals surface area contributed by atoms with Gasteiger partial charge in [0.25, 0.3) is 0 Å². The minimum atomic E-state index is -0.280. The Morgan fingerprint density at radius 2 is 2.05 bits per heavy atom. The Labute approximate surface area is 116 Å². The van der Waals surface area contributed by atoms with Crippen molar-refractivity contribution in [3.8, 4) is 11.1 Å². The molecule has 4 nitrogen and oxygen atoms in total. The highest BCUT2D eigenvalue weighted by Crippen LogP contribution is 2.41. The lowest BCUT2D eigenvalue weighted by Crippen LogP contribution is -2.41. The molecule has 0 bridgehead atoms. The minimum Gasteiger partial charge on any atom is -0.380 e. The summed E-state index contributed by atoms with van der Waals surface area (Å²) in [5, 5.41) is 3.85. The zero-order valence-corrected chi connectivity index (χ0v) is 11.4. The molecule has 3 rings (SSSR count). The maximum absolute atomic E-state index is 13.0. The van der Waals surface area contributed by atoms with Gasteiger partial charge in [-0.25, -0.2) is 4.39 Å². The van der Waals surface area contributed by atoms with E-state index in [-0.39, 0.29) is 11.4 Å². The summed E-state index contributed by atoms with van der Waals surface area (Å²) >= 11 is 0. The molecule has 0 aliphatic heterocycles. The summed E-state index contributed by atoms with van der Waals surface area (Å²) in [6.45, 7) is 0. The average molecular weight is 276 g/mol. The molecule has 2 N–H and O–H groups in total. The molecule has 0 unspecified atom stereocenters. The first-order valence-electron chi connectivity index (χ1n) is 6.69. The van der Waals surface area contributed by atoms with Crippen LogP contribution in [0.5, 0.6) is 0 Å². The van der Waals surface area contributed by atoms with E-state index in [1.807, 2.05) is 0 Å². The second-order valence-corrected chi connectivity index (χ2v) is 5.29. The van der Waals surface area contributed by atoms with Crippen molar-refractivity contribution in [2.24, 2.45) is 0 Å². The summed E-state index contributed by atoms with van der Waals surface area (Å²) in [6, 6.07) is 6.17. The highest BCUT2D eigenvalue weighted by Gasteiger charge is 2.39. The number of ether oxygens (including phenoxy) is 1. The number of aromatic nitrogens is 1. The molecule has 1 aromatic carbocycles. The van der Waals surface area contributed by atoms with Crippen LogP contribution in [0.2, 0.25) is 0 Å². The first-order chi connectivity index (χ1) is 9.63. The molecule has 5 heteroatoms. The van der Waals surface area contributed by atoms with Gasteiger partial charge in [0, 0.05) is 13.5 Å². The predicted octanol–water partition coefficient (Wildman–Crippen LogP) is 3.17. The molecule has 2 aromatic rings. The minimum absolute atomic E-state index is 0.166. The van der Waals surface area contributed by atoms with E-state index >= 15 is 0 Å². The molecule has 0 radical (unpaired) electrons. The van der Waals surface area contributed by atoms with Crippen molar-refractivity contribution in [3.63, 3.8) is 0 Å². The van der Waals surface area contributed by atoms with Crippen LogP contribution in [0.15, 0.2) is 28.8 Å². The zero-order chi connectivity index (χ0) is 14.2. The SMILES string of the molecule is COC1(Cc2onc(N)c2-c2ccc(F)cc2)CCC1. The summed E-state index contributed by atoms with van der Waals surface area (Å²) in [6.07, 6.45) is 3.81. The van der Waals surface area contributed by atoms with Gasteiger partial charge in [0.05, 0.1) is 11.2 Å². The van der Waals surface area contributed by atoms with E-state index in [2.05, 4.69) is 5.16 Å². The second kappa shape index (κ2) is 4.90. The molecule has 0 saturated heterocycles. The summed E-state index contributed by atoms with van der Waals surface area (Å²) in [5.41, 5.74) is 7.28. The third kappa shape index (κ3) is 2.18. The van der Waals surface area contributed by atoms with Crippen molar-refractivity contribution in [3.05, 3.63) is 35.8 Å². The van der Waals surface area contributed by atoms with Crippen LogP contribution in [0.1, 0.15) is 25.0 Å². The Balaban J connectivity index is 1.95. The summed E-state index contributed by atoms with van der Waals surface area (Å²) in [4.78, 5) is 0. The molecular formula is C15H17FN2O2. The van der Waals surface area contributed by atoms with Gasteiger partial charge in [0.2, 0.25) is 0 Å². The van der Waals surface area contributed by atoms with Gasteiger partial charge in [-0.1, -0.05) is 17.3 Å². The summed E-state index contributed by atoms with van der Waals surface area (Å²) < 4.78 is 24.0. The Hall–Kier alpha value is -1.88. The Kier molecular flexibility index (Phi) is 3.22. The van der Waals surface area contributed by atoms with Gasteiger partial charge in [0.15, 0.2) is 5.82 Å². The Bertz CT molecular complexity index is 597. The largest absolute Gasteiger partial charge is 0.380 e. The predicted molar refractivity (Wildman–Crippen MR) is 73.6 cm³/mol. The molecule has 1 fully saturated rings. The zero-order valence-electron chi connectivity index (χ0n) is 11.4. The number of halogens is 1. The molecule has 1 saturated carbocycles. The van der Waals surface area contributed by atoms with Crippen LogP contribution < -0.4 is 5.73 Å². The van der Waals surface area contributed by atoms with Crippen molar-refractivity contribution in [2.45, 2.75) is 31.3 Å². The molecule has 1 heterocycles. The van der Waals surface area contributed by atoms with Crippen LogP contribution in [-0.2, 0) is 11.2 Å². The number of hydrogen-bond acceptors (Lipinski definition) is 4. The number of nitrogens with two attached hydrogens (primary N) is 1. The van der Waals surface area contributed by atoms with Crippen molar-refractivity contribution < 1.29 is 13.7 Å². The number of hydrogen-bond donors (Lipinski definition) is 1. The third-order valence-corrected chi connectivity index (χ3v) is 4.10. The lowest BCUT2D eigenvalue weighted by molar-refractivity contribution is -0.0742. The Morgan fingerprint density at radius 1 is 1.35 bits per heavy atom. The normalized spacial score (nSPS) is 16.9. The molecule has 0 atom stereocenters. The topological polar surface area (TPSA) is 61.3 Å². The van der Waals surface area contributed by atoms with E-state index in [9.17, 15) is 4.39 Å². The van der Waals surface area contributed by atoms with Crippen molar-refractivity contribution >= 4 is 5.82 Å². The van der Waals surface area contributed by atoms with E-state index < -0.39 is 0 Å². The van der Waals surface area contributed by atoms with E-state index in [0.29, 0.717) is 18.0 Å². The number of anilines is 1. The van der Waals surface area contributed by atoms with Gasteiger partial charge >= 0.3 is 0 Å². The molecule has 0 spiro atoms. The molecule has 1 aliphatic rings. The number of rotatable bonds is 4. The summed E-state index contributed by atoms with van der Waals surface area (Å²) in [5.74, 6) is 0.755. The van der Waals surface area contributed by atoms with E-state index in [0.717, 1.165) is 30.4 Å². The van der Waals surface area contributed by atoms with Crippen molar-refractivity contribution in [1.82, 2.24) is 5.16 Å². The van der Waals surface area contributed by atoms with Crippen molar-refractivity contribution in [2.75, 3.05) is 12.8 Å². The third-order valence-electron chi connectivity index (χ3n) is 4.10. The fraction of sp³-hybridized carbons (Fsp3) is 0.400. The van der Waals surface area contributed by atoms with Gasteiger partial charge in [-0.15, -0.1) is 0 Å². The lowest BCUT2D eigenvalue weighted by atomic mass is 9.76. The first-order valence-corrected chi connectivity index (χ1v) is 6.69. The summed E-state index contributed by atoms with van der Waals surface area (Å²) in [7, 11) is 1.72. The molecular weight excluding hydrogens is 259 g/mol. The smallest absolute Gasteiger partial charge is 0.175 e. The number of nitrogen functional groups attached to an aromatic ring is 1. The van der Waals surface area contributed by atoms with Gasteiger partial charge in [-0.2, -0.15) is 0 Å². The molecule has 1 aromatic heterocycles. The van der Waals surface area contributed by atoms with E-state index in [4.69, 9.17) is 15.0 Å². The highest BCUT2D eigenvalue weighted by molar-refractivity contribution is 5.75. The second-order valence-electron chi connectivity index (χ2n) is 5.29. The van der Waals surface area contributed by atoms with Crippen LogP contribution in [0.25, 0.3) is 11.1 Å². The van der Waals surface area contributed by atoms with Gasteiger partial charge < -0.3 is 15.0 Å². The van der Waals surface area contributed by atoms with Crippen LogP contribution in [-0.4, -0.2) is 17.9 Å². The molecule has 106 valence electrons. The van der Waals surface area contributed by atoms with Crippen molar-refractivity contribution in [1.29, 1.82) is 0 Å². The molecule has 20 heavy (non-hydrogen) atoms. The van der Waals surface area contributed by atoms with Gasteiger partial charge in [-0.05, 0) is 37.0 Å². The average Bonchev–Trinajstić information content (AvgIpc) is 2.76. The van der Waals surface area contributed by atoms with E-state index in [1.54, 1.807) is 19.2 Å². The van der Waals surface area contributed by atoms with Crippen LogP contribution >= 0.6 is 0 Å². The maximum Gasteiger partial charge on any atom is 0.175 e. The molecule has 1 aliphatic carbocycles. The Morgan fingerprint density at radius 3 is 2.60 bits per heavy atom. The lowest BCUT2D eigenvalue weighted by Gasteiger charge is -2.39. The molecule has 0 amide bonds. The number of benzene rings is 1. The van der Waals surface area contributed by atoms with Gasteiger partial charge in [-0.3, -0.25) is 0 Å². The van der Waals surface area contributed by atoms with Crippen LogP contribution in [0.4, 0.5) is 10.2 Å². The first kappa shape index (κ1) is 13.1. The van der Waals surface area contributed by atoms with Gasteiger partial charge in [0.1, 0.15) is 11.6 Å². The fourth-order valence-electron chi connectivity index (χ4n) is 2.70. The fourth-order valence-corrected chi connectivity index (χ4v) is 2.70. The number of methoxy groups -OCH3 is 1.